The van der Waals surface area contributed by atoms with Crippen LogP contribution in [-0.2, 0) is 0 Å². The molecule has 1 saturated heterocycles. The van der Waals surface area contributed by atoms with Crippen LogP contribution in [0.4, 0.5) is 17.1 Å². The Labute approximate surface area is 350 Å². The highest BCUT2D eigenvalue weighted by Crippen LogP contribution is 2.59. The van der Waals surface area contributed by atoms with Crippen molar-refractivity contribution >= 4 is 55.9 Å². The topological polar surface area (TPSA) is 24.6 Å². The molecule has 60 heavy (non-hydrogen) atoms. The van der Waals surface area contributed by atoms with Gasteiger partial charge in [0.25, 0.3) is 0 Å². The SMILES string of the molecule is CC1C=C(C2=Cc3c(oc4ccccc34)C3c4ccccc4N(c4ccc5c(c4)c4ccccc4n5-c4ccccc4)C23)C=C2C1C1C=CC=CC1(C)N2c1ccccc1. The first-order valence-corrected chi connectivity index (χ1v) is 21.4. The largest absolute Gasteiger partial charge is 0.460 e. The highest BCUT2D eigenvalue weighted by atomic mass is 16.3. The van der Waals surface area contributed by atoms with E-state index in [-0.39, 0.29) is 17.5 Å². The lowest BCUT2D eigenvalue weighted by Crippen LogP contribution is -2.43. The molecule has 0 saturated carbocycles. The normalized spacial score (nSPS) is 24.8. The first-order valence-electron chi connectivity index (χ1n) is 21.4. The maximum Gasteiger partial charge on any atom is 0.134 e. The zero-order valence-electron chi connectivity index (χ0n) is 33.6. The second-order valence-electron chi connectivity index (χ2n) is 17.5. The molecule has 6 unspecified atom stereocenters. The molecule has 8 aromatic rings. The van der Waals surface area contributed by atoms with Crippen molar-refractivity contribution in [3.8, 4) is 5.69 Å². The van der Waals surface area contributed by atoms with Crippen LogP contribution in [0.15, 0.2) is 209 Å². The standard InChI is InChI=1S/C56H43N3O/c1-35-31-36(32-50-52(35)46-24-15-16-30-56(46,2)59(50)38-19-7-4-8-20-38)43-34-45-41-22-11-14-27-51(41)60-55(45)53-42-23-10-13-26-48(42)58(54(43)53)39-28-29-49-44(33-39)40-21-9-12-25-47(40)57(49)37-17-5-3-6-18-37/h3-35,46,52-54H,1-2H3. The van der Waals surface area contributed by atoms with Gasteiger partial charge in [0, 0.05) is 62.0 Å². The van der Waals surface area contributed by atoms with Crippen LogP contribution in [0.5, 0.6) is 0 Å². The second kappa shape index (κ2) is 12.5. The number of hydrogen-bond acceptors (Lipinski definition) is 3. The van der Waals surface area contributed by atoms with Gasteiger partial charge in [0.15, 0.2) is 0 Å². The van der Waals surface area contributed by atoms with E-state index in [1.807, 2.05) is 0 Å². The minimum atomic E-state index is -0.175. The van der Waals surface area contributed by atoms with Crippen LogP contribution >= 0.6 is 0 Å². The first kappa shape index (κ1) is 33.9. The van der Waals surface area contributed by atoms with Gasteiger partial charge in [0.2, 0.25) is 0 Å². The average Bonchev–Trinajstić information content (AvgIpc) is 4.01. The number of rotatable bonds is 4. The Morgan fingerprint density at radius 2 is 1.35 bits per heavy atom. The van der Waals surface area contributed by atoms with Crippen molar-refractivity contribution < 1.29 is 4.42 Å². The van der Waals surface area contributed by atoms with E-state index in [9.17, 15) is 0 Å². The van der Waals surface area contributed by atoms with E-state index in [1.165, 1.54) is 77.9 Å². The van der Waals surface area contributed by atoms with E-state index in [1.54, 1.807) is 0 Å². The summed E-state index contributed by atoms with van der Waals surface area (Å²) < 4.78 is 9.38. The summed E-state index contributed by atoms with van der Waals surface area (Å²) in [7, 11) is 0. The van der Waals surface area contributed by atoms with E-state index in [0.29, 0.717) is 17.8 Å². The van der Waals surface area contributed by atoms with Crippen molar-refractivity contribution in [3.05, 3.63) is 222 Å². The lowest BCUT2D eigenvalue weighted by atomic mass is 9.70. The number of anilines is 3. The summed E-state index contributed by atoms with van der Waals surface area (Å²) in [4.78, 5) is 5.27. The molecule has 1 fully saturated rings. The molecule has 4 nitrogen and oxygen atoms in total. The van der Waals surface area contributed by atoms with Gasteiger partial charge < -0.3 is 18.8 Å². The number of allylic oxidation sites excluding steroid dienone is 5. The van der Waals surface area contributed by atoms with Gasteiger partial charge in [-0.2, -0.15) is 0 Å². The summed E-state index contributed by atoms with van der Waals surface area (Å²) in [6.07, 6.45) is 17.0. The zero-order chi connectivity index (χ0) is 39.7. The lowest BCUT2D eigenvalue weighted by Gasteiger charge is -2.39. The van der Waals surface area contributed by atoms with Crippen LogP contribution in [0.2, 0.25) is 0 Å². The van der Waals surface area contributed by atoms with E-state index in [0.717, 1.165) is 11.3 Å². The van der Waals surface area contributed by atoms with E-state index in [2.05, 4.69) is 222 Å². The van der Waals surface area contributed by atoms with E-state index in [4.69, 9.17) is 4.42 Å². The molecular formula is C56H43N3O. The summed E-state index contributed by atoms with van der Waals surface area (Å²) in [5, 5.41) is 3.67. The zero-order valence-corrected chi connectivity index (χ0v) is 33.6. The summed E-state index contributed by atoms with van der Waals surface area (Å²) >= 11 is 0. The molecule has 4 heteroatoms. The van der Waals surface area contributed by atoms with Gasteiger partial charge in [-0.25, -0.2) is 0 Å². The fraction of sp³-hybridized carbons (Fsp3) is 0.143. The van der Waals surface area contributed by atoms with Crippen molar-refractivity contribution in [2.75, 3.05) is 9.80 Å². The minimum Gasteiger partial charge on any atom is -0.460 e. The molecule has 4 heterocycles. The predicted molar refractivity (Wildman–Crippen MR) is 247 cm³/mol. The first-order chi connectivity index (χ1) is 29.6. The molecule has 3 aliphatic carbocycles. The Kier molecular flexibility index (Phi) is 7.05. The number of hydrogen-bond donors (Lipinski definition) is 0. The molecule has 0 bridgehead atoms. The van der Waals surface area contributed by atoms with Gasteiger partial charge >= 0.3 is 0 Å². The van der Waals surface area contributed by atoms with Crippen LogP contribution in [0, 0.1) is 17.8 Å². The summed E-state index contributed by atoms with van der Waals surface area (Å²) in [5.41, 5.74) is 14.5. The highest BCUT2D eigenvalue weighted by Gasteiger charge is 2.55. The van der Waals surface area contributed by atoms with Crippen LogP contribution in [0.1, 0.15) is 36.7 Å². The third kappa shape index (κ3) is 4.56. The molecule has 0 spiro atoms. The highest BCUT2D eigenvalue weighted by molar-refractivity contribution is 6.10. The molecule has 6 aromatic carbocycles. The number of nitrogens with zero attached hydrogens (tertiary/aromatic N) is 3. The van der Waals surface area contributed by atoms with Crippen molar-refractivity contribution in [1.29, 1.82) is 0 Å². The van der Waals surface area contributed by atoms with Crippen molar-refractivity contribution in [3.63, 3.8) is 0 Å². The fourth-order valence-corrected chi connectivity index (χ4v) is 11.9. The van der Waals surface area contributed by atoms with Crippen molar-refractivity contribution in [2.24, 2.45) is 17.8 Å². The summed E-state index contributed by atoms with van der Waals surface area (Å²) in [6, 6.07) is 55.3. The summed E-state index contributed by atoms with van der Waals surface area (Å²) in [5.74, 6) is 2.07. The van der Waals surface area contributed by atoms with Crippen LogP contribution in [0.3, 0.4) is 0 Å². The van der Waals surface area contributed by atoms with Crippen molar-refractivity contribution in [2.45, 2.75) is 31.3 Å². The maximum atomic E-state index is 6.97. The third-order valence-electron chi connectivity index (χ3n) is 14.3. The molecule has 6 atom stereocenters. The molecule has 0 N–H and O–H groups in total. The van der Waals surface area contributed by atoms with Gasteiger partial charge in [0.1, 0.15) is 11.3 Å². The maximum absolute atomic E-state index is 6.97. The molecular weight excluding hydrogens is 731 g/mol. The predicted octanol–water partition coefficient (Wildman–Crippen LogP) is 13.7. The molecule has 5 aliphatic rings. The number of para-hydroxylation sites is 5. The van der Waals surface area contributed by atoms with Crippen LogP contribution in [0.25, 0.3) is 44.5 Å². The molecule has 0 radical (unpaired) electrons. The molecule has 288 valence electrons. The van der Waals surface area contributed by atoms with Gasteiger partial charge in [-0.1, -0.05) is 128 Å². The minimum absolute atomic E-state index is 0.00273. The lowest BCUT2D eigenvalue weighted by molar-refractivity contribution is 0.348. The average molecular weight is 774 g/mol. The van der Waals surface area contributed by atoms with Crippen molar-refractivity contribution in [1.82, 2.24) is 4.57 Å². The molecule has 2 aliphatic heterocycles. The van der Waals surface area contributed by atoms with Gasteiger partial charge in [0.05, 0.1) is 28.5 Å². The Morgan fingerprint density at radius 3 is 2.20 bits per heavy atom. The number of fused-ring (bicyclic) bond motifs is 13. The molecule has 2 aromatic heterocycles. The number of aromatic nitrogens is 1. The quantitative estimate of drug-likeness (QED) is 0.178. The second-order valence-corrected chi connectivity index (χ2v) is 17.5. The molecule has 0 amide bonds. The van der Waals surface area contributed by atoms with Crippen LogP contribution in [-0.4, -0.2) is 16.1 Å². The van der Waals surface area contributed by atoms with Crippen LogP contribution < -0.4 is 9.80 Å². The Balaban J connectivity index is 1.04. The Hall–Kier alpha value is -7.04. The number of benzene rings is 6. The number of furan rings is 1. The van der Waals surface area contributed by atoms with Gasteiger partial charge in [-0.05, 0) is 102 Å². The van der Waals surface area contributed by atoms with E-state index < -0.39 is 0 Å². The Morgan fingerprint density at radius 1 is 0.633 bits per heavy atom. The Bertz CT molecular complexity index is 3230. The van der Waals surface area contributed by atoms with Gasteiger partial charge in [-0.3, -0.25) is 0 Å². The monoisotopic (exact) mass is 773 g/mol. The van der Waals surface area contributed by atoms with E-state index >= 15 is 0 Å². The van der Waals surface area contributed by atoms with Gasteiger partial charge in [-0.15, -0.1) is 0 Å². The fourth-order valence-electron chi connectivity index (χ4n) is 11.9. The third-order valence-corrected chi connectivity index (χ3v) is 14.3. The smallest absolute Gasteiger partial charge is 0.134 e. The summed E-state index contributed by atoms with van der Waals surface area (Å²) in [6.45, 7) is 4.87. The molecule has 13 rings (SSSR count).